The third-order valence-corrected chi connectivity index (χ3v) is 3.08. The molecule has 106 valence electrons. The highest BCUT2D eigenvalue weighted by Gasteiger charge is 2.20. The second-order valence-electron chi connectivity index (χ2n) is 5.02. The van der Waals surface area contributed by atoms with Crippen molar-refractivity contribution in [2.75, 3.05) is 37.4 Å². The molecule has 0 bridgehead atoms. The Balaban J connectivity index is 1.65. The molecule has 1 aromatic carbocycles. The maximum Gasteiger partial charge on any atom is 0.123 e. The van der Waals surface area contributed by atoms with Gasteiger partial charge in [-0.3, -0.25) is 0 Å². The summed E-state index contributed by atoms with van der Waals surface area (Å²) in [6.45, 7) is 5.27. The maximum absolute atomic E-state index is 5.84. The number of nitrogens with one attached hydrogen (secondary N) is 1. The molecule has 0 aromatic heterocycles. The maximum atomic E-state index is 5.84. The van der Waals surface area contributed by atoms with Crippen molar-refractivity contribution in [2.24, 2.45) is 5.92 Å². The Bertz CT molecular complexity index is 392. The Hall–Kier alpha value is -1.42. The summed E-state index contributed by atoms with van der Waals surface area (Å²) in [5.41, 5.74) is 7.56. The summed E-state index contributed by atoms with van der Waals surface area (Å²) in [6, 6.07) is 5.74. The van der Waals surface area contributed by atoms with Gasteiger partial charge in [0.25, 0.3) is 0 Å². The zero-order valence-electron chi connectivity index (χ0n) is 11.7. The lowest BCUT2D eigenvalue weighted by Crippen LogP contribution is -2.07. The van der Waals surface area contributed by atoms with Crippen molar-refractivity contribution in [3.63, 3.8) is 0 Å². The van der Waals surface area contributed by atoms with Gasteiger partial charge in [0.05, 0.1) is 6.61 Å². The van der Waals surface area contributed by atoms with E-state index in [-0.39, 0.29) is 0 Å². The highest BCUT2D eigenvalue weighted by Crippen LogP contribution is 2.28. The first-order valence-corrected chi connectivity index (χ1v) is 7.13. The molecule has 19 heavy (non-hydrogen) atoms. The average molecular weight is 264 g/mol. The normalized spacial score (nSPS) is 14.4. The van der Waals surface area contributed by atoms with Gasteiger partial charge < -0.3 is 20.5 Å². The standard InChI is InChI=1S/C15H24N2O2/c1-2-19-15-9-13(16)8-14(10-15)17-6-3-7-18-11-12-4-5-12/h8-10,12,17H,2-7,11,16H2,1H3. The van der Waals surface area contributed by atoms with Crippen LogP contribution in [0.4, 0.5) is 11.4 Å². The summed E-state index contributed by atoms with van der Waals surface area (Å²) >= 11 is 0. The van der Waals surface area contributed by atoms with Crippen molar-refractivity contribution < 1.29 is 9.47 Å². The number of anilines is 2. The molecular formula is C15H24N2O2. The highest BCUT2D eigenvalue weighted by molar-refractivity contribution is 5.59. The van der Waals surface area contributed by atoms with Crippen LogP contribution in [0.5, 0.6) is 5.75 Å². The van der Waals surface area contributed by atoms with Crippen molar-refractivity contribution in [3.8, 4) is 5.75 Å². The van der Waals surface area contributed by atoms with Gasteiger partial charge in [-0.15, -0.1) is 0 Å². The fourth-order valence-electron chi connectivity index (χ4n) is 1.92. The van der Waals surface area contributed by atoms with E-state index in [1.807, 2.05) is 25.1 Å². The fraction of sp³-hybridized carbons (Fsp3) is 0.600. The summed E-state index contributed by atoms with van der Waals surface area (Å²) < 4.78 is 11.1. The lowest BCUT2D eigenvalue weighted by atomic mass is 10.2. The van der Waals surface area contributed by atoms with Gasteiger partial charge >= 0.3 is 0 Å². The van der Waals surface area contributed by atoms with Crippen LogP contribution in [0.2, 0.25) is 0 Å². The molecule has 3 N–H and O–H groups in total. The summed E-state index contributed by atoms with van der Waals surface area (Å²) in [5.74, 6) is 1.66. The monoisotopic (exact) mass is 264 g/mol. The van der Waals surface area contributed by atoms with E-state index in [0.29, 0.717) is 6.61 Å². The van der Waals surface area contributed by atoms with Crippen molar-refractivity contribution in [3.05, 3.63) is 18.2 Å². The molecule has 2 rings (SSSR count). The van der Waals surface area contributed by atoms with Crippen molar-refractivity contribution in [1.82, 2.24) is 0 Å². The van der Waals surface area contributed by atoms with Crippen LogP contribution in [0.15, 0.2) is 18.2 Å². The van der Waals surface area contributed by atoms with Gasteiger partial charge in [0.1, 0.15) is 5.75 Å². The topological polar surface area (TPSA) is 56.5 Å². The summed E-state index contributed by atoms with van der Waals surface area (Å²) in [4.78, 5) is 0. The van der Waals surface area contributed by atoms with E-state index in [4.69, 9.17) is 15.2 Å². The van der Waals surface area contributed by atoms with Gasteiger partial charge in [0.2, 0.25) is 0 Å². The number of hydrogen-bond acceptors (Lipinski definition) is 4. The van der Waals surface area contributed by atoms with Crippen LogP contribution >= 0.6 is 0 Å². The minimum Gasteiger partial charge on any atom is -0.494 e. The van der Waals surface area contributed by atoms with Crippen LogP contribution < -0.4 is 15.8 Å². The molecule has 0 unspecified atom stereocenters. The Morgan fingerprint density at radius 2 is 2.16 bits per heavy atom. The van der Waals surface area contributed by atoms with Crippen LogP contribution in [0.25, 0.3) is 0 Å². The number of hydrogen-bond donors (Lipinski definition) is 2. The highest BCUT2D eigenvalue weighted by atomic mass is 16.5. The van der Waals surface area contributed by atoms with Gasteiger partial charge in [0, 0.05) is 43.3 Å². The van der Waals surface area contributed by atoms with E-state index in [2.05, 4.69) is 5.32 Å². The van der Waals surface area contributed by atoms with E-state index < -0.39 is 0 Å². The summed E-state index contributed by atoms with van der Waals surface area (Å²) in [6.07, 6.45) is 3.70. The molecule has 1 aliphatic carbocycles. The average Bonchev–Trinajstić information content (AvgIpc) is 3.17. The van der Waals surface area contributed by atoms with E-state index >= 15 is 0 Å². The van der Waals surface area contributed by atoms with E-state index in [0.717, 1.165) is 49.2 Å². The summed E-state index contributed by atoms with van der Waals surface area (Å²) in [7, 11) is 0. The number of benzene rings is 1. The second-order valence-corrected chi connectivity index (χ2v) is 5.02. The molecule has 0 heterocycles. The lowest BCUT2D eigenvalue weighted by Gasteiger charge is -2.10. The Labute approximate surface area is 115 Å². The predicted octanol–water partition coefficient (Wildman–Crippen LogP) is 2.90. The van der Waals surface area contributed by atoms with Crippen molar-refractivity contribution >= 4 is 11.4 Å². The van der Waals surface area contributed by atoms with Crippen LogP contribution in [0, 0.1) is 5.92 Å². The Morgan fingerprint density at radius 3 is 2.89 bits per heavy atom. The van der Waals surface area contributed by atoms with Gasteiger partial charge in [0.15, 0.2) is 0 Å². The Kier molecular flexibility index (Phi) is 5.33. The van der Waals surface area contributed by atoms with Gasteiger partial charge in [-0.25, -0.2) is 0 Å². The first-order valence-electron chi connectivity index (χ1n) is 7.13. The molecule has 0 saturated heterocycles. The molecule has 4 nitrogen and oxygen atoms in total. The van der Waals surface area contributed by atoms with Gasteiger partial charge in [-0.2, -0.15) is 0 Å². The van der Waals surface area contributed by atoms with Gasteiger partial charge in [-0.05, 0) is 38.2 Å². The molecule has 1 aromatic rings. The van der Waals surface area contributed by atoms with Crippen molar-refractivity contribution in [1.29, 1.82) is 0 Å². The molecule has 0 atom stereocenters. The minimum absolute atomic E-state index is 0.651. The summed E-state index contributed by atoms with van der Waals surface area (Å²) in [5, 5.41) is 3.35. The molecule has 0 spiro atoms. The molecule has 0 aliphatic heterocycles. The first kappa shape index (κ1) is 14.0. The van der Waals surface area contributed by atoms with E-state index in [9.17, 15) is 0 Å². The predicted molar refractivity (Wildman–Crippen MR) is 78.7 cm³/mol. The lowest BCUT2D eigenvalue weighted by molar-refractivity contribution is 0.124. The number of ether oxygens (including phenoxy) is 2. The molecule has 1 fully saturated rings. The number of nitrogen functional groups attached to an aromatic ring is 1. The molecule has 0 amide bonds. The quantitative estimate of drug-likeness (QED) is 0.532. The first-order chi connectivity index (χ1) is 9.28. The number of rotatable bonds is 9. The van der Waals surface area contributed by atoms with E-state index in [1.54, 1.807) is 0 Å². The molecule has 0 radical (unpaired) electrons. The smallest absolute Gasteiger partial charge is 0.123 e. The third-order valence-electron chi connectivity index (χ3n) is 3.08. The molecule has 4 heteroatoms. The van der Waals surface area contributed by atoms with Crippen LogP contribution in [-0.4, -0.2) is 26.4 Å². The SMILES string of the molecule is CCOc1cc(N)cc(NCCCOCC2CC2)c1. The molecular weight excluding hydrogens is 240 g/mol. The van der Waals surface area contributed by atoms with Crippen LogP contribution in [0.1, 0.15) is 26.2 Å². The van der Waals surface area contributed by atoms with Crippen LogP contribution in [-0.2, 0) is 4.74 Å². The van der Waals surface area contributed by atoms with Gasteiger partial charge in [-0.1, -0.05) is 0 Å². The minimum atomic E-state index is 0.651. The second kappa shape index (κ2) is 7.24. The number of nitrogens with two attached hydrogens (primary N) is 1. The fourth-order valence-corrected chi connectivity index (χ4v) is 1.92. The largest absolute Gasteiger partial charge is 0.494 e. The van der Waals surface area contributed by atoms with Crippen LogP contribution in [0.3, 0.4) is 0 Å². The zero-order chi connectivity index (χ0) is 13.5. The molecule has 1 aliphatic rings. The van der Waals surface area contributed by atoms with Crippen molar-refractivity contribution in [2.45, 2.75) is 26.2 Å². The molecule has 1 saturated carbocycles. The third kappa shape index (κ3) is 5.39. The zero-order valence-corrected chi connectivity index (χ0v) is 11.7. The van der Waals surface area contributed by atoms with E-state index in [1.165, 1.54) is 12.8 Å². The Morgan fingerprint density at radius 1 is 1.32 bits per heavy atom.